The number of benzene rings is 3. The summed E-state index contributed by atoms with van der Waals surface area (Å²) in [6.45, 7) is 4.35. The topological polar surface area (TPSA) is 99.8 Å². The lowest BCUT2D eigenvalue weighted by Gasteiger charge is -2.37. The fourth-order valence-corrected chi connectivity index (χ4v) is 4.41. The predicted octanol–water partition coefficient (Wildman–Crippen LogP) is 6.31. The molecule has 4 amide bonds. The van der Waals surface area contributed by atoms with E-state index in [9.17, 15) is 18.8 Å². The Balaban J connectivity index is 1.73. The molecule has 9 heteroatoms. The third-order valence-corrected chi connectivity index (χ3v) is 6.20. The van der Waals surface area contributed by atoms with Crippen molar-refractivity contribution in [2.75, 3.05) is 23.8 Å². The van der Waals surface area contributed by atoms with E-state index < -0.39 is 23.9 Å². The number of anilines is 2. The van der Waals surface area contributed by atoms with Gasteiger partial charge in [-0.1, -0.05) is 67.9 Å². The summed E-state index contributed by atoms with van der Waals surface area (Å²) in [6.07, 6.45) is 1.62. The molecule has 0 saturated heterocycles. The number of unbranched alkanes of at least 4 members (excludes halogenated alkanes) is 1. The largest absolute Gasteiger partial charge is 0.463 e. The maximum atomic E-state index is 14.0. The summed E-state index contributed by atoms with van der Waals surface area (Å²) in [7, 11) is 0. The van der Waals surface area contributed by atoms with Crippen molar-refractivity contribution in [2.24, 2.45) is 0 Å². The van der Waals surface area contributed by atoms with Gasteiger partial charge in [-0.05, 0) is 48.7 Å². The summed E-state index contributed by atoms with van der Waals surface area (Å²) in [4.78, 5) is 41.0. The Hall–Kier alpha value is -4.66. The number of carbonyl (C=O) groups excluding carboxylic acids is 3. The van der Waals surface area contributed by atoms with Crippen molar-refractivity contribution in [3.63, 3.8) is 0 Å². The Morgan fingerprint density at radius 1 is 0.974 bits per heavy atom. The van der Waals surface area contributed by atoms with Gasteiger partial charge in [-0.3, -0.25) is 4.90 Å². The van der Waals surface area contributed by atoms with Crippen LogP contribution in [0.1, 0.15) is 43.9 Å². The van der Waals surface area contributed by atoms with Gasteiger partial charge in [-0.2, -0.15) is 0 Å². The highest BCUT2D eigenvalue weighted by Gasteiger charge is 2.38. The number of carbonyl (C=O) groups is 3. The molecule has 1 atom stereocenters. The zero-order chi connectivity index (χ0) is 27.8. The highest BCUT2D eigenvalue weighted by atomic mass is 19.1. The molecular formula is C30H31FN4O4. The Labute approximate surface area is 226 Å². The molecule has 3 aromatic carbocycles. The molecule has 0 spiro atoms. The summed E-state index contributed by atoms with van der Waals surface area (Å²) >= 11 is 0. The maximum Gasteiger partial charge on any atom is 0.338 e. The molecule has 3 N–H and O–H groups in total. The number of nitrogens with one attached hydrogen (secondary N) is 3. The van der Waals surface area contributed by atoms with Gasteiger partial charge in [0.05, 0.1) is 29.6 Å². The van der Waals surface area contributed by atoms with E-state index in [0.29, 0.717) is 29.1 Å². The van der Waals surface area contributed by atoms with Gasteiger partial charge in [-0.15, -0.1) is 0 Å². The van der Waals surface area contributed by atoms with Crippen LogP contribution in [0.25, 0.3) is 5.70 Å². The molecule has 4 rings (SSSR count). The monoisotopic (exact) mass is 530 g/mol. The molecule has 0 saturated carbocycles. The van der Waals surface area contributed by atoms with Crippen LogP contribution in [-0.4, -0.2) is 36.1 Å². The first-order valence-corrected chi connectivity index (χ1v) is 12.9. The third kappa shape index (κ3) is 6.43. The smallest absolute Gasteiger partial charge is 0.338 e. The number of para-hydroxylation sites is 1. The van der Waals surface area contributed by atoms with E-state index in [1.165, 1.54) is 18.2 Å². The number of hydrogen-bond acceptors (Lipinski definition) is 4. The van der Waals surface area contributed by atoms with E-state index in [0.717, 1.165) is 18.4 Å². The highest BCUT2D eigenvalue weighted by molar-refractivity contribution is 6.05. The van der Waals surface area contributed by atoms with Gasteiger partial charge in [0, 0.05) is 12.2 Å². The average molecular weight is 531 g/mol. The number of hydrogen-bond donors (Lipinski definition) is 3. The lowest BCUT2D eigenvalue weighted by Crippen LogP contribution is -2.48. The number of urea groups is 2. The van der Waals surface area contributed by atoms with E-state index in [-0.39, 0.29) is 18.3 Å². The van der Waals surface area contributed by atoms with E-state index in [4.69, 9.17) is 4.74 Å². The molecule has 0 aromatic heterocycles. The Bertz CT molecular complexity index is 1380. The van der Waals surface area contributed by atoms with Gasteiger partial charge in [0.25, 0.3) is 0 Å². The van der Waals surface area contributed by atoms with Crippen LogP contribution >= 0.6 is 0 Å². The molecule has 0 bridgehead atoms. The highest BCUT2D eigenvalue weighted by Crippen LogP contribution is 2.37. The Morgan fingerprint density at radius 3 is 2.44 bits per heavy atom. The van der Waals surface area contributed by atoms with Gasteiger partial charge in [-0.25, -0.2) is 18.8 Å². The normalized spacial score (nSPS) is 15.0. The van der Waals surface area contributed by atoms with E-state index in [1.54, 1.807) is 42.2 Å². The Morgan fingerprint density at radius 2 is 1.72 bits per heavy atom. The van der Waals surface area contributed by atoms with Crippen LogP contribution in [0.4, 0.5) is 25.4 Å². The minimum absolute atomic E-state index is 0.0397. The summed E-state index contributed by atoms with van der Waals surface area (Å²) in [5, 5.41) is 8.12. The lowest BCUT2D eigenvalue weighted by atomic mass is 9.91. The zero-order valence-corrected chi connectivity index (χ0v) is 21.9. The molecule has 0 aliphatic carbocycles. The van der Waals surface area contributed by atoms with Crippen LogP contribution in [0.15, 0.2) is 84.4 Å². The minimum atomic E-state index is -0.832. The second-order valence-corrected chi connectivity index (χ2v) is 8.92. The van der Waals surface area contributed by atoms with Crippen molar-refractivity contribution < 1.29 is 23.5 Å². The van der Waals surface area contributed by atoms with Crippen LogP contribution in [0.3, 0.4) is 0 Å². The molecule has 3 aromatic rings. The average Bonchev–Trinajstić information content (AvgIpc) is 2.93. The molecule has 1 heterocycles. The molecule has 0 unspecified atom stereocenters. The van der Waals surface area contributed by atoms with E-state index >= 15 is 0 Å². The number of ether oxygens (including phenoxy) is 1. The molecule has 1 aliphatic rings. The van der Waals surface area contributed by atoms with Crippen LogP contribution < -0.4 is 16.0 Å². The van der Waals surface area contributed by atoms with Crippen LogP contribution in [-0.2, 0) is 9.53 Å². The van der Waals surface area contributed by atoms with Crippen LogP contribution in [0.5, 0.6) is 0 Å². The summed E-state index contributed by atoms with van der Waals surface area (Å²) in [6, 6.07) is 20.1. The zero-order valence-electron chi connectivity index (χ0n) is 21.9. The van der Waals surface area contributed by atoms with Crippen molar-refractivity contribution >= 4 is 35.1 Å². The summed E-state index contributed by atoms with van der Waals surface area (Å²) < 4.78 is 19.4. The maximum absolute atomic E-state index is 14.0. The van der Waals surface area contributed by atoms with Gasteiger partial charge < -0.3 is 20.7 Å². The number of amides is 4. The second-order valence-electron chi connectivity index (χ2n) is 8.92. The number of rotatable bonds is 9. The first-order valence-electron chi connectivity index (χ1n) is 12.9. The number of halogens is 1. The molecule has 8 nitrogen and oxygen atoms in total. The standard InChI is InChI=1S/C30H31FN4O4/c1-3-5-18-35-27(20-12-7-6-8-13-20)25(28(36)39-4-2)26(34-30(35)38)21-14-11-15-22(19-21)32-29(37)33-24-17-10-9-16-23(24)31/h6-17,19,26H,3-5,18H2,1-2H3,(H,34,38)(H2,32,33,37)/t26-/m1/s1. The van der Waals surface area contributed by atoms with Crippen LogP contribution in [0, 0.1) is 5.82 Å². The first-order chi connectivity index (χ1) is 18.9. The molecule has 0 radical (unpaired) electrons. The fourth-order valence-electron chi connectivity index (χ4n) is 4.41. The quantitative estimate of drug-likeness (QED) is 0.282. The van der Waals surface area contributed by atoms with Crippen LogP contribution in [0.2, 0.25) is 0 Å². The third-order valence-electron chi connectivity index (χ3n) is 6.20. The van der Waals surface area contributed by atoms with Crippen molar-refractivity contribution in [2.45, 2.75) is 32.7 Å². The van der Waals surface area contributed by atoms with Crippen molar-refractivity contribution in [1.29, 1.82) is 0 Å². The second kappa shape index (κ2) is 12.7. The number of esters is 1. The summed E-state index contributed by atoms with van der Waals surface area (Å²) in [5.74, 6) is -1.10. The minimum Gasteiger partial charge on any atom is -0.463 e. The van der Waals surface area contributed by atoms with Crippen molar-refractivity contribution in [1.82, 2.24) is 10.2 Å². The fraction of sp³-hybridized carbons (Fsp3) is 0.233. The SMILES string of the molecule is CCCCN1C(=O)N[C@H](c2cccc(NC(=O)Nc3ccccc3F)c2)C(C(=O)OCC)=C1c1ccccc1. The molecule has 1 aliphatic heterocycles. The summed E-state index contributed by atoms with van der Waals surface area (Å²) in [5.41, 5.74) is 2.51. The van der Waals surface area contributed by atoms with Gasteiger partial charge in [0.2, 0.25) is 0 Å². The Kier molecular flexibility index (Phi) is 8.94. The van der Waals surface area contributed by atoms with Gasteiger partial charge in [0.15, 0.2) is 0 Å². The van der Waals surface area contributed by atoms with Gasteiger partial charge in [0.1, 0.15) is 5.82 Å². The molecule has 202 valence electrons. The van der Waals surface area contributed by atoms with Crippen molar-refractivity contribution in [3.8, 4) is 0 Å². The predicted molar refractivity (Wildman–Crippen MR) is 148 cm³/mol. The van der Waals surface area contributed by atoms with E-state index in [1.807, 2.05) is 37.3 Å². The van der Waals surface area contributed by atoms with Crippen molar-refractivity contribution in [3.05, 3.63) is 101 Å². The lowest BCUT2D eigenvalue weighted by molar-refractivity contribution is -0.138. The van der Waals surface area contributed by atoms with E-state index in [2.05, 4.69) is 16.0 Å². The molecule has 0 fully saturated rings. The molecule has 39 heavy (non-hydrogen) atoms. The van der Waals surface area contributed by atoms with Gasteiger partial charge >= 0.3 is 18.0 Å². The molecular weight excluding hydrogens is 499 g/mol. The number of nitrogens with zero attached hydrogens (tertiary/aromatic N) is 1. The first kappa shape index (κ1) is 27.4.